The standard InChI is InChI=1S/C29H18ClN3O5/c30-20-5-3-18(4-6-20)28(35)27-14-19-12-16(2-10-26(19)38-27)11-17-1-9-25(34)22(13-17)29-31-23-8-7-21(33(36)37)15-24(23)32-29/h1-10,12-15,34H,11H2,(H,31,32). The Morgan fingerprint density at radius 2 is 1.74 bits per heavy atom. The highest BCUT2D eigenvalue weighted by Gasteiger charge is 2.16. The predicted molar refractivity (Wildman–Crippen MR) is 144 cm³/mol. The molecule has 6 aromatic rings. The van der Waals surface area contributed by atoms with Gasteiger partial charge in [-0.15, -0.1) is 0 Å². The van der Waals surface area contributed by atoms with E-state index >= 15 is 0 Å². The normalized spacial score (nSPS) is 11.3. The van der Waals surface area contributed by atoms with Gasteiger partial charge in [-0.25, -0.2) is 4.98 Å². The SMILES string of the molecule is O=C(c1ccc(Cl)cc1)c1cc2cc(Cc3ccc(O)c(-c4nc5ccc([N+](=O)[O-])cc5[nH]4)c3)ccc2o1. The maximum atomic E-state index is 12.8. The van der Waals surface area contributed by atoms with E-state index in [0.29, 0.717) is 45.0 Å². The molecule has 8 nitrogen and oxygen atoms in total. The van der Waals surface area contributed by atoms with Crippen molar-refractivity contribution >= 4 is 45.1 Å². The van der Waals surface area contributed by atoms with Crippen LogP contribution in [-0.4, -0.2) is 25.8 Å². The molecule has 0 atom stereocenters. The molecule has 4 aromatic carbocycles. The van der Waals surface area contributed by atoms with Crippen molar-refractivity contribution in [2.24, 2.45) is 0 Å². The van der Waals surface area contributed by atoms with Crippen molar-refractivity contribution in [3.05, 3.63) is 123 Å². The van der Waals surface area contributed by atoms with Crippen LogP contribution in [0.4, 0.5) is 5.69 Å². The highest BCUT2D eigenvalue weighted by atomic mass is 35.5. The summed E-state index contributed by atoms with van der Waals surface area (Å²) in [7, 11) is 0. The lowest BCUT2D eigenvalue weighted by atomic mass is 10.0. The molecular weight excluding hydrogens is 506 g/mol. The number of nitro groups is 1. The first-order chi connectivity index (χ1) is 18.3. The van der Waals surface area contributed by atoms with Crippen LogP contribution in [0.15, 0.2) is 89.3 Å². The number of nitrogens with zero attached hydrogens (tertiary/aromatic N) is 2. The quantitative estimate of drug-likeness (QED) is 0.137. The number of rotatable bonds is 6. The largest absolute Gasteiger partial charge is 0.507 e. The Balaban J connectivity index is 1.28. The van der Waals surface area contributed by atoms with Gasteiger partial charge in [0.2, 0.25) is 5.78 Å². The molecule has 9 heteroatoms. The minimum Gasteiger partial charge on any atom is -0.507 e. The van der Waals surface area contributed by atoms with Gasteiger partial charge in [0.15, 0.2) is 5.76 Å². The lowest BCUT2D eigenvalue weighted by molar-refractivity contribution is -0.384. The number of aromatic amines is 1. The van der Waals surface area contributed by atoms with E-state index in [4.69, 9.17) is 16.0 Å². The topological polar surface area (TPSA) is 122 Å². The molecule has 0 saturated carbocycles. The van der Waals surface area contributed by atoms with Gasteiger partial charge in [0.25, 0.3) is 5.69 Å². The second kappa shape index (κ2) is 9.17. The van der Waals surface area contributed by atoms with Gasteiger partial charge in [-0.05, 0) is 78.2 Å². The van der Waals surface area contributed by atoms with Crippen LogP contribution in [0.5, 0.6) is 5.75 Å². The molecule has 0 saturated heterocycles. The number of imidazole rings is 1. The Hall–Kier alpha value is -4.95. The Morgan fingerprint density at radius 3 is 2.53 bits per heavy atom. The molecule has 0 unspecified atom stereocenters. The van der Waals surface area contributed by atoms with Gasteiger partial charge in [-0.1, -0.05) is 23.7 Å². The number of carbonyl (C=O) groups is 1. The third-order valence-corrected chi connectivity index (χ3v) is 6.56. The van der Waals surface area contributed by atoms with E-state index in [9.17, 15) is 20.0 Å². The van der Waals surface area contributed by atoms with Crippen LogP contribution in [0.2, 0.25) is 5.02 Å². The number of non-ortho nitro benzene ring substituents is 1. The van der Waals surface area contributed by atoms with Gasteiger partial charge >= 0.3 is 0 Å². The monoisotopic (exact) mass is 523 g/mol. The van der Waals surface area contributed by atoms with Crippen LogP contribution in [-0.2, 0) is 6.42 Å². The number of carbonyl (C=O) groups excluding carboxylic acids is 1. The van der Waals surface area contributed by atoms with Crippen molar-refractivity contribution in [3.63, 3.8) is 0 Å². The summed E-state index contributed by atoms with van der Waals surface area (Å²) in [5.74, 6) is 0.476. The lowest BCUT2D eigenvalue weighted by Gasteiger charge is -2.07. The molecule has 6 rings (SSSR count). The molecule has 0 spiro atoms. The average molecular weight is 524 g/mol. The average Bonchev–Trinajstić information content (AvgIpc) is 3.53. The predicted octanol–water partition coefficient (Wildman–Crippen LogP) is 7.07. The molecule has 0 fully saturated rings. The van der Waals surface area contributed by atoms with Gasteiger partial charge in [-0.3, -0.25) is 14.9 Å². The van der Waals surface area contributed by atoms with Crippen molar-refractivity contribution < 1.29 is 19.2 Å². The number of nitro benzene ring substituents is 1. The van der Waals surface area contributed by atoms with Crippen molar-refractivity contribution in [2.45, 2.75) is 6.42 Å². The maximum Gasteiger partial charge on any atom is 0.271 e. The van der Waals surface area contributed by atoms with E-state index in [-0.39, 0.29) is 23.0 Å². The van der Waals surface area contributed by atoms with E-state index in [1.807, 2.05) is 30.3 Å². The fraction of sp³-hybridized carbons (Fsp3) is 0.0345. The van der Waals surface area contributed by atoms with E-state index in [0.717, 1.165) is 16.5 Å². The second-order valence-electron chi connectivity index (χ2n) is 8.89. The molecule has 2 N–H and O–H groups in total. The molecule has 0 aliphatic carbocycles. The van der Waals surface area contributed by atoms with Crippen LogP contribution in [0, 0.1) is 10.1 Å². The first kappa shape index (κ1) is 23.4. The molecule has 38 heavy (non-hydrogen) atoms. The third kappa shape index (κ3) is 4.38. The van der Waals surface area contributed by atoms with Gasteiger partial charge < -0.3 is 14.5 Å². The second-order valence-corrected chi connectivity index (χ2v) is 9.33. The molecule has 0 aliphatic rings. The number of hydrogen-bond donors (Lipinski definition) is 2. The minimum atomic E-state index is -0.467. The highest BCUT2D eigenvalue weighted by molar-refractivity contribution is 6.30. The van der Waals surface area contributed by atoms with Crippen molar-refractivity contribution in [3.8, 4) is 17.1 Å². The van der Waals surface area contributed by atoms with Crippen LogP contribution in [0.1, 0.15) is 27.2 Å². The molecular formula is C29H18ClN3O5. The fourth-order valence-corrected chi connectivity index (χ4v) is 4.54. The molecule has 186 valence electrons. The lowest BCUT2D eigenvalue weighted by Crippen LogP contribution is -1.98. The Bertz CT molecular complexity index is 1870. The number of nitrogens with one attached hydrogen (secondary N) is 1. The number of ketones is 1. The number of aromatic nitrogens is 2. The van der Waals surface area contributed by atoms with Gasteiger partial charge in [0, 0.05) is 28.1 Å². The zero-order valence-electron chi connectivity index (χ0n) is 19.6. The number of hydrogen-bond acceptors (Lipinski definition) is 6. The summed E-state index contributed by atoms with van der Waals surface area (Å²) in [5.41, 5.74) is 4.52. The number of phenols is 1. The number of furan rings is 1. The Morgan fingerprint density at radius 1 is 0.974 bits per heavy atom. The van der Waals surface area contributed by atoms with Crippen molar-refractivity contribution in [1.29, 1.82) is 0 Å². The first-order valence-electron chi connectivity index (χ1n) is 11.6. The maximum absolute atomic E-state index is 12.8. The highest BCUT2D eigenvalue weighted by Crippen LogP contribution is 2.32. The third-order valence-electron chi connectivity index (χ3n) is 6.31. The summed E-state index contributed by atoms with van der Waals surface area (Å²) in [6, 6.07) is 23.7. The van der Waals surface area contributed by atoms with E-state index in [1.54, 1.807) is 42.5 Å². The summed E-state index contributed by atoms with van der Waals surface area (Å²) in [6.45, 7) is 0. The van der Waals surface area contributed by atoms with Crippen molar-refractivity contribution in [1.82, 2.24) is 9.97 Å². The molecule has 2 heterocycles. The van der Waals surface area contributed by atoms with Gasteiger partial charge in [-0.2, -0.15) is 0 Å². The van der Waals surface area contributed by atoms with Crippen LogP contribution in [0.3, 0.4) is 0 Å². The van der Waals surface area contributed by atoms with E-state index < -0.39 is 4.92 Å². The molecule has 2 aromatic heterocycles. The fourth-order valence-electron chi connectivity index (χ4n) is 4.42. The molecule has 0 radical (unpaired) electrons. The zero-order chi connectivity index (χ0) is 26.4. The number of phenolic OH excluding ortho intramolecular Hbond substituents is 1. The zero-order valence-corrected chi connectivity index (χ0v) is 20.4. The minimum absolute atomic E-state index is 0.0398. The summed E-state index contributed by atoms with van der Waals surface area (Å²) < 4.78 is 5.79. The Kier molecular flexibility index (Phi) is 5.66. The molecule has 0 aliphatic heterocycles. The summed E-state index contributed by atoms with van der Waals surface area (Å²) in [5, 5.41) is 23.0. The summed E-state index contributed by atoms with van der Waals surface area (Å²) >= 11 is 5.92. The number of benzene rings is 4. The van der Waals surface area contributed by atoms with Crippen LogP contribution >= 0.6 is 11.6 Å². The number of fused-ring (bicyclic) bond motifs is 2. The van der Waals surface area contributed by atoms with Crippen LogP contribution < -0.4 is 0 Å². The molecule has 0 amide bonds. The van der Waals surface area contributed by atoms with Gasteiger partial charge in [0.05, 0.1) is 21.5 Å². The molecule has 0 bridgehead atoms. The van der Waals surface area contributed by atoms with E-state index in [2.05, 4.69) is 9.97 Å². The van der Waals surface area contributed by atoms with E-state index in [1.165, 1.54) is 12.1 Å². The number of aromatic hydroxyl groups is 1. The van der Waals surface area contributed by atoms with Crippen molar-refractivity contribution in [2.75, 3.05) is 0 Å². The summed E-state index contributed by atoms with van der Waals surface area (Å²) in [6.07, 6.45) is 0.556. The number of H-pyrrole nitrogens is 1. The van der Waals surface area contributed by atoms with Crippen LogP contribution in [0.25, 0.3) is 33.4 Å². The van der Waals surface area contributed by atoms with Gasteiger partial charge in [0.1, 0.15) is 17.2 Å². The summed E-state index contributed by atoms with van der Waals surface area (Å²) in [4.78, 5) is 31.0. The Labute approximate surface area is 220 Å². The first-order valence-corrected chi connectivity index (χ1v) is 12.0. The number of halogens is 1. The smallest absolute Gasteiger partial charge is 0.271 e.